The number of thioether (sulfide) groups is 2. The molecule has 0 aliphatic carbocycles. The molecule has 0 aromatic rings. The van der Waals surface area contributed by atoms with E-state index in [2.05, 4.69) is 16.0 Å². The molecule has 0 spiro atoms. The van der Waals surface area contributed by atoms with Crippen LogP contribution in [-0.4, -0.2) is 182 Å². The first-order chi connectivity index (χ1) is 28.2. The third-order valence-electron chi connectivity index (χ3n) is 8.08. The van der Waals surface area contributed by atoms with Gasteiger partial charge in [-0.25, -0.2) is 0 Å². The summed E-state index contributed by atoms with van der Waals surface area (Å²) in [5.41, 5.74) is 0. The van der Waals surface area contributed by atoms with E-state index < -0.39 is 47.2 Å². The minimum Gasteiger partial charge on any atom is -0.481 e. The zero-order chi connectivity index (χ0) is 44.3. The van der Waals surface area contributed by atoms with Crippen LogP contribution in [0.15, 0.2) is 0 Å². The maximum absolute atomic E-state index is 13.6. The van der Waals surface area contributed by atoms with Crippen molar-refractivity contribution in [3.8, 4) is 0 Å². The Morgan fingerprint density at radius 1 is 0.593 bits per heavy atom. The molecule has 1 unspecified atom stereocenters. The normalized spacial score (nSPS) is 11.9. The number of carbonyl (C=O) groups excluding carboxylic acids is 7. The molecule has 0 rings (SSSR count). The Kier molecular flexibility index (Phi) is 35.1. The van der Waals surface area contributed by atoms with Gasteiger partial charge in [-0.2, -0.15) is 23.5 Å². The number of amides is 4. The molecule has 0 bridgehead atoms. The molecule has 22 heteroatoms. The molecule has 59 heavy (non-hydrogen) atoms. The van der Waals surface area contributed by atoms with Gasteiger partial charge in [-0.15, -0.1) is 0 Å². The summed E-state index contributed by atoms with van der Waals surface area (Å²) in [6.07, 6.45) is 3.07. The number of carbonyl (C=O) groups is 9. The van der Waals surface area contributed by atoms with Gasteiger partial charge < -0.3 is 50.0 Å². The standard InChI is InChI=1S/C37H61IN4O15S2/c1-58-25-29(43)4-3-12-42(13-9-39-34(48)26-59-2)36(51)27(6-8-35(49)50)20-30(44)23-56-18-16-54-14-10-40-32(46)7-5-28(37(52)53)21-31(45)24-57-19-17-55-15-11-41-33(47)22-38/h27-28H,3-26H2,1-2H3,(H,39,48)(H,40,46)(H,41,47)(H,49,50)(H,52,53)/t27-,28?/m1/s1. The molecule has 0 saturated carbocycles. The van der Waals surface area contributed by atoms with E-state index in [1.54, 1.807) is 6.26 Å². The monoisotopic (exact) mass is 992 g/mol. The number of ketones is 3. The van der Waals surface area contributed by atoms with Gasteiger partial charge in [0, 0.05) is 70.7 Å². The van der Waals surface area contributed by atoms with Crippen LogP contribution in [0.5, 0.6) is 0 Å². The van der Waals surface area contributed by atoms with Gasteiger partial charge >= 0.3 is 11.9 Å². The summed E-state index contributed by atoms with van der Waals surface area (Å²) in [6.45, 7) is 1.10. The molecule has 0 radical (unpaired) electrons. The lowest BCUT2D eigenvalue weighted by atomic mass is 9.95. The number of hydrogen-bond acceptors (Lipinski definition) is 15. The van der Waals surface area contributed by atoms with Crippen molar-refractivity contribution in [2.45, 2.75) is 51.4 Å². The van der Waals surface area contributed by atoms with E-state index in [9.17, 15) is 53.4 Å². The van der Waals surface area contributed by atoms with E-state index >= 15 is 0 Å². The van der Waals surface area contributed by atoms with Crippen LogP contribution in [0.2, 0.25) is 0 Å². The molecule has 338 valence electrons. The molecule has 5 N–H and O–H groups in total. The number of Topliss-reactive ketones (excluding diaryl/α,β-unsaturated/α-hetero) is 3. The SMILES string of the molecule is CSCC(=O)CCCN(CCNC(=O)CSC)C(=O)[C@H](CCC(=O)O)CC(=O)COCCOCCNC(=O)CCC(CC(=O)COCCOCCNC(=O)CI)C(=O)O. The first kappa shape index (κ1) is 56.1. The summed E-state index contributed by atoms with van der Waals surface area (Å²) in [4.78, 5) is 110. The van der Waals surface area contributed by atoms with Crippen molar-refractivity contribution in [1.82, 2.24) is 20.9 Å². The zero-order valence-electron chi connectivity index (χ0n) is 34.0. The van der Waals surface area contributed by atoms with E-state index in [4.69, 9.17) is 18.9 Å². The number of nitrogens with one attached hydrogen (secondary N) is 3. The van der Waals surface area contributed by atoms with E-state index in [1.807, 2.05) is 28.8 Å². The van der Waals surface area contributed by atoms with Crippen molar-refractivity contribution in [3.63, 3.8) is 0 Å². The molecule has 0 heterocycles. The highest BCUT2D eigenvalue weighted by Gasteiger charge is 2.28. The molecule has 0 aromatic carbocycles. The van der Waals surface area contributed by atoms with Crippen molar-refractivity contribution in [1.29, 1.82) is 0 Å². The average molecular weight is 993 g/mol. The fraction of sp³-hybridized carbons (Fsp3) is 0.757. The molecule has 0 fully saturated rings. The van der Waals surface area contributed by atoms with Gasteiger partial charge in [0.2, 0.25) is 23.6 Å². The van der Waals surface area contributed by atoms with Crippen molar-refractivity contribution in [2.75, 3.05) is 114 Å². The number of carboxylic acid groups (broad SMARTS) is 2. The molecule has 0 aliphatic rings. The smallest absolute Gasteiger partial charge is 0.306 e. The quantitative estimate of drug-likeness (QED) is 0.0320. The third-order valence-corrected chi connectivity index (χ3v) is 9.94. The number of aliphatic carboxylic acids is 2. The Labute approximate surface area is 367 Å². The van der Waals surface area contributed by atoms with E-state index in [1.165, 1.54) is 28.4 Å². The van der Waals surface area contributed by atoms with Gasteiger partial charge in [0.15, 0.2) is 11.6 Å². The van der Waals surface area contributed by atoms with Gasteiger partial charge in [-0.1, -0.05) is 22.6 Å². The highest BCUT2D eigenvalue weighted by Crippen LogP contribution is 2.17. The Bertz CT molecular complexity index is 1290. The molecule has 2 atom stereocenters. The highest BCUT2D eigenvalue weighted by atomic mass is 127. The van der Waals surface area contributed by atoms with Crippen LogP contribution in [0.3, 0.4) is 0 Å². The predicted octanol–water partition coefficient (Wildman–Crippen LogP) is 0.621. The molecule has 0 aliphatic heterocycles. The summed E-state index contributed by atoms with van der Waals surface area (Å²) in [6, 6.07) is 0. The third kappa shape index (κ3) is 32.5. The second-order valence-electron chi connectivity index (χ2n) is 13.0. The largest absolute Gasteiger partial charge is 0.481 e. The topological polar surface area (TPSA) is 270 Å². The lowest BCUT2D eigenvalue weighted by molar-refractivity contribution is -0.145. The Hall–Kier alpha value is -2.90. The van der Waals surface area contributed by atoms with Crippen LogP contribution in [0.1, 0.15) is 51.4 Å². The van der Waals surface area contributed by atoms with Gasteiger partial charge in [0.25, 0.3) is 0 Å². The van der Waals surface area contributed by atoms with Gasteiger partial charge in [0.05, 0.1) is 61.5 Å². The van der Waals surface area contributed by atoms with Crippen molar-refractivity contribution in [2.24, 2.45) is 11.8 Å². The minimum absolute atomic E-state index is 0.0168. The van der Waals surface area contributed by atoms with Crippen molar-refractivity contribution < 1.29 is 72.3 Å². The first-order valence-electron chi connectivity index (χ1n) is 19.2. The van der Waals surface area contributed by atoms with Crippen LogP contribution in [0.4, 0.5) is 0 Å². The highest BCUT2D eigenvalue weighted by molar-refractivity contribution is 14.1. The summed E-state index contributed by atoms with van der Waals surface area (Å²) >= 11 is 4.69. The fourth-order valence-corrected chi connectivity index (χ4v) is 6.27. The summed E-state index contributed by atoms with van der Waals surface area (Å²) in [7, 11) is 0. The molecular formula is C37H61IN4O15S2. The maximum atomic E-state index is 13.6. The number of hydrogen-bond donors (Lipinski definition) is 5. The average Bonchev–Trinajstić information content (AvgIpc) is 3.18. The molecule has 19 nitrogen and oxygen atoms in total. The second kappa shape index (κ2) is 36.9. The van der Waals surface area contributed by atoms with Crippen LogP contribution < -0.4 is 16.0 Å². The fourth-order valence-electron chi connectivity index (χ4n) is 5.17. The number of halogens is 1. The summed E-state index contributed by atoms with van der Waals surface area (Å²) < 4.78 is 21.7. The molecule has 0 saturated heterocycles. The molecular weight excluding hydrogens is 931 g/mol. The van der Waals surface area contributed by atoms with Crippen molar-refractivity contribution >= 4 is 99.0 Å². The number of alkyl halides is 1. The maximum Gasteiger partial charge on any atom is 0.306 e. The van der Waals surface area contributed by atoms with Crippen LogP contribution >= 0.6 is 46.1 Å². The van der Waals surface area contributed by atoms with Gasteiger partial charge in [0.1, 0.15) is 19.0 Å². The predicted molar refractivity (Wildman–Crippen MR) is 229 cm³/mol. The number of ether oxygens (including phenoxy) is 4. The second-order valence-corrected chi connectivity index (χ2v) is 15.5. The summed E-state index contributed by atoms with van der Waals surface area (Å²) in [5, 5.41) is 26.7. The van der Waals surface area contributed by atoms with Crippen molar-refractivity contribution in [3.05, 3.63) is 0 Å². The Morgan fingerprint density at radius 3 is 1.66 bits per heavy atom. The number of carboxylic acids is 2. The van der Waals surface area contributed by atoms with Crippen LogP contribution in [0, 0.1) is 11.8 Å². The molecule has 0 aromatic heterocycles. The first-order valence-corrected chi connectivity index (χ1v) is 23.5. The number of rotatable bonds is 40. The van der Waals surface area contributed by atoms with Crippen LogP contribution in [0.25, 0.3) is 0 Å². The Morgan fingerprint density at radius 2 is 1.12 bits per heavy atom. The van der Waals surface area contributed by atoms with Gasteiger partial charge in [-0.05, 0) is 31.8 Å². The minimum atomic E-state index is -1.20. The summed E-state index contributed by atoms with van der Waals surface area (Å²) in [5.74, 6) is -5.72. The zero-order valence-corrected chi connectivity index (χ0v) is 37.8. The van der Waals surface area contributed by atoms with E-state index in [-0.39, 0.29) is 147 Å². The Balaban J connectivity index is 4.59. The van der Waals surface area contributed by atoms with Crippen LogP contribution in [-0.2, 0) is 62.1 Å². The lowest BCUT2D eigenvalue weighted by Gasteiger charge is -2.27. The number of nitrogens with zero attached hydrogens (tertiary/aromatic N) is 1. The van der Waals surface area contributed by atoms with Gasteiger partial charge in [-0.3, -0.25) is 43.2 Å². The molecule has 4 amide bonds. The lowest BCUT2D eigenvalue weighted by Crippen LogP contribution is -2.43. The van der Waals surface area contributed by atoms with E-state index in [0.29, 0.717) is 23.1 Å². The van der Waals surface area contributed by atoms with E-state index in [0.717, 1.165) is 0 Å².